The molecule has 2 nitrogen and oxygen atoms in total. The van der Waals surface area contributed by atoms with Gasteiger partial charge in [-0.1, -0.05) is 53.7 Å². The first-order chi connectivity index (χ1) is 10.1. The van der Waals surface area contributed by atoms with E-state index in [4.69, 9.17) is 5.26 Å². The zero-order valence-electron chi connectivity index (χ0n) is 14.8. The van der Waals surface area contributed by atoms with Crippen molar-refractivity contribution in [2.45, 2.75) is 65.2 Å². The minimum atomic E-state index is -0.0754. The van der Waals surface area contributed by atoms with Crippen molar-refractivity contribution in [3.05, 3.63) is 28.8 Å². The van der Waals surface area contributed by atoms with Gasteiger partial charge in [-0.3, -0.25) is 0 Å². The highest BCUT2D eigenvalue weighted by Crippen LogP contribution is 2.39. The molecule has 0 aromatic heterocycles. The number of nitriles is 1. The van der Waals surface area contributed by atoms with Gasteiger partial charge in [-0.05, 0) is 39.7 Å². The summed E-state index contributed by atoms with van der Waals surface area (Å²) in [5, 5.41) is 19.3. The van der Waals surface area contributed by atoms with E-state index < -0.39 is 0 Å². The highest BCUT2D eigenvalue weighted by Gasteiger charge is 2.26. The van der Waals surface area contributed by atoms with Crippen molar-refractivity contribution >= 4 is 11.8 Å². The van der Waals surface area contributed by atoms with Crippen molar-refractivity contribution in [3.63, 3.8) is 0 Å². The second kappa shape index (κ2) is 7.42. The Hall–Kier alpha value is -1.14. The Morgan fingerprint density at radius 1 is 1.00 bits per heavy atom. The molecule has 122 valence electrons. The molecule has 1 rings (SSSR count). The van der Waals surface area contributed by atoms with Gasteiger partial charge < -0.3 is 5.11 Å². The Labute approximate surface area is 139 Å². The number of aryl methyl sites for hydroxylation is 1. The lowest BCUT2D eigenvalue weighted by Crippen LogP contribution is -2.18. The molecule has 0 unspecified atom stereocenters. The first-order valence-electron chi connectivity index (χ1n) is 7.89. The van der Waals surface area contributed by atoms with Gasteiger partial charge in [-0.25, -0.2) is 0 Å². The third-order valence-corrected chi connectivity index (χ3v) is 4.66. The van der Waals surface area contributed by atoms with Crippen LogP contribution in [0.25, 0.3) is 0 Å². The lowest BCUT2D eigenvalue weighted by atomic mass is 9.78. The smallest absolute Gasteiger partial charge is 0.123 e. The highest BCUT2D eigenvalue weighted by atomic mass is 32.2. The molecule has 0 heterocycles. The predicted molar refractivity (Wildman–Crippen MR) is 96.8 cm³/mol. The fraction of sp³-hybridized carbons (Fsp3) is 0.632. The summed E-state index contributed by atoms with van der Waals surface area (Å²) < 4.78 is 0. The molecular weight excluding hydrogens is 290 g/mol. The molecule has 0 amide bonds. The van der Waals surface area contributed by atoms with E-state index in [-0.39, 0.29) is 10.8 Å². The Kier molecular flexibility index (Phi) is 6.38. The number of phenolic OH excluding ortho intramolecular Hbond substituents is 1. The van der Waals surface area contributed by atoms with Crippen molar-refractivity contribution < 1.29 is 5.11 Å². The summed E-state index contributed by atoms with van der Waals surface area (Å²) in [6.07, 6.45) is 1.59. The molecule has 1 N–H and O–H groups in total. The van der Waals surface area contributed by atoms with Crippen molar-refractivity contribution in [3.8, 4) is 11.8 Å². The molecule has 0 fully saturated rings. The Morgan fingerprint density at radius 2 is 1.50 bits per heavy atom. The zero-order valence-corrected chi connectivity index (χ0v) is 15.6. The first kappa shape index (κ1) is 18.9. The summed E-state index contributed by atoms with van der Waals surface area (Å²) in [5.41, 5.74) is 3.17. The number of hydrogen-bond acceptors (Lipinski definition) is 3. The molecule has 0 aliphatic rings. The van der Waals surface area contributed by atoms with Crippen molar-refractivity contribution in [1.29, 1.82) is 5.26 Å². The molecular formula is C19H29NOS. The average Bonchev–Trinajstić information content (AvgIpc) is 2.37. The number of nitrogens with zero attached hydrogens (tertiary/aromatic N) is 1. The van der Waals surface area contributed by atoms with Crippen LogP contribution in [0.2, 0.25) is 0 Å². The second-order valence-corrected chi connectivity index (χ2v) is 9.03. The van der Waals surface area contributed by atoms with E-state index in [1.165, 1.54) is 5.56 Å². The normalized spacial score (nSPS) is 12.2. The summed E-state index contributed by atoms with van der Waals surface area (Å²) in [5.74, 6) is 2.35. The maximum Gasteiger partial charge on any atom is 0.123 e. The van der Waals surface area contributed by atoms with Crippen LogP contribution in [0.5, 0.6) is 5.75 Å². The van der Waals surface area contributed by atoms with Gasteiger partial charge in [0.2, 0.25) is 0 Å². The topological polar surface area (TPSA) is 44.0 Å². The van der Waals surface area contributed by atoms with Gasteiger partial charge in [0.1, 0.15) is 5.75 Å². The van der Waals surface area contributed by atoms with Crippen molar-refractivity contribution in [2.75, 3.05) is 11.5 Å². The van der Waals surface area contributed by atoms with Gasteiger partial charge >= 0.3 is 0 Å². The number of hydrogen-bond donors (Lipinski definition) is 1. The molecule has 0 bridgehead atoms. The fourth-order valence-electron chi connectivity index (χ4n) is 2.39. The molecule has 0 atom stereocenters. The maximum atomic E-state index is 10.7. The van der Waals surface area contributed by atoms with E-state index in [2.05, 4.69) is 59.7 Å². The molecule has 0 radical (unpaired) electrons. The average molecular weight is 320 g/mol. The number of phenols is 1. The number of aromatic hydroxyl groups is 1. The lowest BCUT2D eigenvalue weighted by Gasteiger charge is -2.28. The quantitative estimate of drug-likeness (QED) is 0.761. The van der Waals surface area contributed by atoms with Gasteiger partial charge in [0.05, 0.1) is 6.07 Å². The standard InChI is InChI=1S/C19H29NOS/c1-18(2,3)15-12-14(8-11-22-10-7-9-20)13-16(17(15)21)19(4,5)6/h12-13,21H,7-8,10-11H2,1-6H3. The van der Waals surface area contributed by atoms with Crippen LogP contribution in [0.3, 0.4) is 0 Å². The molecule has 0 spiro atoms. The monoisotopic (exact) mass is 319 g/mol. The van der Waals surface area contributed by atoms with Gasteiger partial charge in [0, 0.05) is 12.2 Å². The second-order valence-electron chi connectivity index (χ2n) is 7.81. The van der Waals surface area contributed by atoms with Crippen LogP contribution >= 0.6 is 11.8 Å². The van der Waals surface area contributed by atoms with Crippen molar-refractivity contribution in [1.82, 2.24) is 0 Å². The van der Waals surface area contributed by atoms with Crippen LogP contribution in [-0.2, 0) is 17.3 Å². The number of benzene rings is 1. The number of rotatable bonds is 5. The van der Waals surface area contributed by atoms with Crippen LogP contribution in [0.4, 0.5) is 0 Å². The summed E-state index contributed by atoms with van der Waals surface area (Å²) in [6, 6.07) is 6.47. The predicted octanol–water partition coefficient (Wildman–Crippen LogP) is 5.18. The zero-order chi connectivity index (χ0) is 17.0. The van der Waals surface area contributed by atoms with E-state index in [0.29, 0.717) is 12.2 Å². The SMILES string of the molecule is CC(C)(C)c1cc(CCSCCC#N)cc(C(C)(C)C)c1O. The summed E-state index contributed by atoms with van der Waals surface area (Å²) in [7, 11) is 0. The Balaban J connectivity index is 3.06. The van der Waals surface area contributed by atoms with E-state index >= 15 is 0 Å². The molecule has 1 aromatic rings. The van der Waals surface area contributed by atoms with Crippen LogP contribution in [-0.4, -0.2) is 16.6 Å². The molecule has 0 aliphatic heterocycles. The van der Waals surface area contributed by atoms with Crippen molar-refractivity contribution in [2.24, 2.45) is 0 Å². The molecule has 3 heteroatoms. The fourth-order valence-corrected chi connectivity index (χ4v) is 3.21. The molecule has 0 aliphatic carbocycles. The highest BCUT2D eigenvalue weighted by molar-refractivity contribution is 7.99. The maximum absolute atomic E-state index is 10.7. The van der Waals surface area contributed by atoms with Crippen LogP contribution in [0.15, 0.2) is 12.1 Å². The summed E-state index contributed by atoms with van der Waals surface area (Å²) >= 11 is 1.82. The lowest BCUT2D eigenvalue weighted by molar-refractivity contribution is 0.423. The van der Waals surface area contributed by atoms with Gasteiger partial charge in [0.25, 0.3) is 0 Å². The van der Waals surface area contributed by atoms with Gasteiger partial charge in [0.15, 0.2) is 0 Å². The summed E-state index contributed by atoms with van der Waals surface area (Å²) in [6.45, 7) is 12.8. The first-order valence-corrected chi connectivity index (χ1v) is 9.04. The van der Waals surface area contributed by atoms with E-state index in [0.717, 1.165) is 29.1 Å². The Morgan fingerprint density at radius 3 is 1.91 bits per heavy atom. The third-order valence-electron chi connectivity index (χ3n) is 3.68. The minimum absolute atomic E-state index is 0.0754. The third kappa shape index (κ3) is 5.25. The molecule has 22 heavy (non-hydrogen) atoms. The van der Waals surface area contributed by atoms with Crippen LogP contribution < -0.4 is 0 Å². The van der Waals surface area contributed by atoms with Gasteiger partial charge in [-0.2, -0.15) is 17.0 Å². The van der Waals surface area contributed by atoms with Gasteiger partial charge in [-0.15, -0.1) is 0 Å². The van der Waals surface area contributed by atoms with E-state index in [1.807, 2.05) is 11.8 Å². The summed E-state index contributed by atoms with van der Waals surface area (Å²) in [4.78, 5) is 0. The molecule has 0 saturated carbocycles. The van der Waals surface area contributed by atoms with E-state index in [9.17, 15) is 5.11 Å². The Bertz CT molecular complexity index is 509. The molecule has 0 saturated heterocycles. The minimum Gasteiger partial charge on any atom is -0.507 e. The number of thioether (sulfide) groups is 1. The van der Waals surface area contributed by atoms with Crippen LogP contribution in [0.1, 0.15) is 64.7 Å². The van der Waals surface area contributed by atoms with Crippen LogP contribution in [0, 0.1) is 11.3 Å². The largest absolute Gasteiger partial charge is 0.507 e. The molecule has 1 aromatic carbocycles. The van der Waals surface area contributed by atoms with E-state index in [1.54, 1.807) is 0 Å².